The number of oxazole rings is 1. The fourth-order valence-electron chi connectivity index (χ4n) is 4.57. The van der Waals surface area contributed by atoms with Gasteiger partial charge in [0.1, 0.15) is 11.5 Å². The van der Waals surface area contributed by atoms with Crippen LogP contribution in [0.5, 0.6) is 5.75 Å². The van der Waals surface area contributed by atoms with Gasteiger partial charge >= 0.3 is 12.1 Å². The molecule has 0 aliphatic carbocycles. The zero-order chi connectivity index (χ0) is 25.5. The smallest absolute Gasteiger partial charge is 0.409 e. The van der Waals surface area contributed by atoms with Crippen molar-refractivity contribution >= 4 is 12.1 Å². The van der Waals surface area contributed by atoms with Crippen molar-refractivity contribution < 1.29 is 28.6 Å². The molecule has 2 aromatic carbocycles. The lowest BCUT2D eigenvalue weighted by molar-refractivity contribution is -0.138. The highest BCUT2D eigenvalue weighted by atomic mass is 16.6. The maximum atomic E-state index is 12.4. The fraction of sp³-hybridized carbons (Fsp3) is 0.393. The standard InChI is InChI=1S/C28H32N2O6/c1-3-13-35-28(33)30-17-22(16-26(31)32)24(18-30)21-10-7-11-23(15-21)34-14-12-25-19(2)36-27(29-25)20-8-5-4-6-9-20/h4-11,15,22,24H,3,12-14,16-18H2,1-2H3,(H,31,32)/t22-,24-/m1/s1. The van der Waals surface area contributed by atoms with Crippen LogP contribution >= 0.6 is 0 Å². The molecule has 0 spiro atoms. The van der Waals surface area contributed by atoms with Crippen molar-refractivity contribution in [2.45, 2.75) is 39.0 Å². The number of carbonyl (C=O) groups is 2. The SMILES string of the molecule is CCCOC(=O)N1C[C@@H](CC(=O)O)[C@@H](c2cccc(OCCc3nc(-c4ccccc4)oc3C)c2)C1. The van der Waals surface area contributed by atoms with Crippen LogP contribution in [0.15, 0.2) is 59.0 Å². The van der Waals surface area contributed by atoms with E-state index in [9.17, 15) is 14.7 Å². The molecule has 8 nitrogen and oxygen atoms in total. The van der Waals surface area contributed by atoms with E-state index < -0.39 is 5.97 Å². The van der Waals surface area contributed by atoms with Crippen LogP contribution in [0, 0.1) is 12.8 Å². The highest BCUT2D eigenvalue weighted by Gasteiger charge is 2.38. The number of carboxylic acids is 1. The van der Waals surface area contributed by atoms with Gasteiger partial charge < -0.3 is 23.9 Å². The Morgan fingerprint density at radius 1 is 1.11 bits per heavy atom. The summed E-state index contributed by atoms with van der Waals surface area (Å²) in [5.74, 6) is 0.879. The van der Waals surface area contributed by atoms with Gasteiger partial charge in [0.15, 0.2) is 0 Å². The summed E-state index contributed by atoms with van der Waals surface area (Å²) in [6.07, 6.45) is 0.930. The molecule has 1 aromatic heterocycles. The third-order valence-electron chi connectivity index (χ3n) is 6.37. The van der Waals surface area contributed by atoms with Crippen LogP contribution in [0.25, 0.3) is 11.5 Å². The molecule has 0 unspecified atom stereocenters. The number of aromatic nitrogens is 1. The molecule has 0 saturated carbocycles. The van der Waals surface area contributed by atoms with Crippen LogP contribution in [0.2, 0.25) is 0 Å². The molecule has 0 bridgehead atoms. The number of rotatable bonds is 10. The minimum atomic E-state index is -0.876. The lowest BCUT2D eigenvalue weighted by Crippen LogP contribution is -2.30. The molecule has 2 heterocycles. The predicted octanol–water partition coefficient (Wildman–Crippen LogP) is 5.31. The molecule has 190 valence electrons. The van der Waals surface area contributed by atoms with Gasteiger partial charge in [-0.2, -0.15) is 0 Å². The first-order valence-corrected chi connectivity index (χ1v) is 12.3. The molecule has 0 radical (unpaired) electrons. The zero-order valence-corrected chi connectivity index (χ0v) is 20.7. The molecule has 1 fully saturated rings. The normalized spacial score (nSPS) is 17.2. The van der Waals surface area contributed by atoms with Crippen LogP contribution in [0.3, 0.4) is 0 Å². The average molecular weight is 493 g/mol. The van der Waals surface area contributed by atoms with E-state index in [1.54, 1.807) is 4.90 Å². The maximum Gasteiger partial charge on any atom is 0.409 e. The zero-order valence-electron chi connectivity index (χ0n) is 20.7. The van der Waals surface area contributed by atoms with Gasteiger partial charge in [0.25, 0.3) is 0 Å². The number of hydrogen-bond acceptors (Lipinski definition) is 6. The molecular formula is C28H32N2O6. The van der Waals surface area contributed by atoms with E-state index in [0.717, 1.165) is 29.0 Å². The van der Waals surface area contributed by atoms with Gasteiger partial charge in [-0.15, -0.1) is 0 Å². The second kappa shape index (κ2) is 11.7. The molecule has 8 heteroatoms. The van der Waals surface area contributed by atoms with E-state index in [4.69, 9.17) is 13.9 Å². The van der Waals surface area contributed by atoms with Crippen molar-refractivity contribution in [3.05, 3.63) is 71.6 Å². The molecule has 2 atom stereocenters. The Kier molecular flexibility index (Phi) is 8.25. The second-order valence-corrected chi connectivity index (χ2v) is 9.04. The maximum absolute atomic E-state index is 12.4. The number of amides is 1. The Balaban J connectivity index is 1.40. The van der Waals surface area contributed by atoms with Gasteiger partial charge in [0.2, 0.25) is 5.89 Å². The Morgan fingerprint density at radius 3 is 2.67 bits per heavy atom. The van der Waals surface area contributed by atoms with Crippen molar-refractivity contribution in [3.63, 3.8) is 0 Å². The number of carbonyl (C=O) groups excluding carboxylic acids is 1. The highest BCUT2D eigenvalue weighted by molar-refractivity contribution is 5.70. The number of nitrogens with zero attached hydrogens (tertiary/aromatic N) is 2. The topological polar surface area (TPSA) is 102 Å². The Labute approximate surface area is 210 Å². The number of benzene rings is 2. The molecule has 1 N–H and O–H groups in total. The number of aliphatic carboxylic acids is 1. The summed E-state index contributed by atoms with van der Waals surface area (Å²) in [5, 5.41) is 9.41. The molecule has 3 aromatic rings. The predicted molar refractivity (Wildman–Crippen MR) is 134 cm³/mol. The highest BCUT2D eigenvalue weighted by Crippen LogP contribution is 2.36. The summed E-state index contributed by atoms with van der Waals surface area (Å²) in [7, 11) is 0. The lowest BCUT2D eigenvalue weighted by atomic mass is 9.87. The monoisotopic (exact) mass is 492 g/mol. The van der Waals surface area contributed by atoms with Crippen molar-refractivity contribution in [2.24, 2.45) is 5.92 Å². The van der Waals surface area contributed by atoms with E-state index in [2.05, 4.69) is 4.98 Å². The number of hydrogen-bond donors (Lipinski definition) is 1. The molecule has 1 aliphatic heterocycles. The first-order valence-electron chi connectivity index (χ1n) is 12.3. The summed E-state index contributed by atoms with van der Waals surface area (Å²) in [6.45, 7) is 5.39. The van der Waals surface area contributed by atoms with E-state index in [0.29, 0.717) is 44.4 Å². The quantitative estimate of drug-likeness (QED) is 0.409. The first kappa shape index (κ1) is 25.3. The number of carboxylic acid groups (broad SMARTS) is 1. The van der Waals surface area contributed by atoms with Gasteiger partial charge in [-0.1, -0.05) is 37.3 Å². The van der Waals surface area contributed by atoms with E-state index >= 15 is 0 Å². The third kappa shape index (κ3) is 6.24. The van der Waals surface area contributed by atoms with E-state index in [1.165, 1.54) is 0 Å². The van der Waals surface area contributed by atoms with Crippen LogP contribution in [-0.2, 0) is 16.0 Å². The summed E-state index contributed by atoms with van der Waals surface area (Å²) < 4.78 is 17.1. The van der Waals surface area contributed by atoms with Crippen molar-refractivity contribution in [3.8, 4) is 17.2 Å². The van der Waals surface area contributed by atoms with E-state index in [-0.39, 0.29) is 24.3 Å². The fourth-order valence-corrected chi connectivity index (χ4v) is 4.57. The molecule has 1 amide bonds. The number of ether oxygens (including phenoxy) is 2. The first-order chi connectivity index (χ1) is 17.4. The molecule has 1 aliphatic rings. The second-order valence-electron chi connectivity index (χ2n) is 9.04. The van der Waals surface area contributed by atoms with Gasteiger partial charge in [-0.3, -0.25) is 4.79 Å². The molecular weight excluding hydrogens is 460 g/mol. The molecule has 36 heavy (non-hydrogen) atoms. The van der Waals surface area contributed by atoms with Crippen molar-refractivity contribution in [2.75, 3.05) is 26.3 Å². The minimum Gasteiger partial charge on any atom is -0.493 e. The van der Waals surface area contributed by atoms with Gasteiger partial charge in [0.05, 0.1) is 25.3 Å². The average Bonchev–Trinajstić information content (AvgIpc) is 3.46. The third-order valence-corrected chi connectivity index (χ3v) is 6.37. The van der Waals surface area contributed by atoms with E-state index in [1.807, 2.05) is 68.4 Å². The Hall–Kier alpha value is -3.81. The van der Waals surface area contributed by atoms with Crippen LogP contribution in [0.1, 0.15) is 42.7 Å². The van der Waals surface area contributed by atoms with Gasteiger partial charge in [-0.25, -0.2) is 9.78 Å². The van der Waals surface area contributed by atoms with Gasteiger partial charge in [0, 0.05) is 31.0 Å². The summed E-state index contributed by atoms with van der Waals surface area (Å²) in [6, 6.07) is 17.4. The molecule has 1 saturated heterocycles. The van der Waals surface area contributed by atoms with Gasteiger partial charge in [-0.05, 0) is 49.1 Å². The lowest BCUT2D eigenvalue weighted by Gasteiger charge is -2.18. The number of aryl methyl sites for hydroxylation is 1. The van der Waals surface area contributed by atoms with Crippen molar-refractivity contribution in [1.82, 2.24) is 9.88 Å². The minimum absolute atomic E-state index is 0.0114. The largest absolute Gasteiger partial charge is 0.493 e. The van der Waals surface area contributed by atoms with Crippen molar-refractivity contribution in [1.29, 1.82) is 0 Å². The Morgan fingerprint density at radius 2 is 1.92 bits per heavy atom. The summed E-state index contributed by atoms with van der Waals surface area (Å²) in [4.78, 5) is 30.1. The Bertz CT molecular complexity index is 1180. The van der Waals surface area contributed by atoms with Crippen LogP contribution in [-0.4, -0.2) is 53.4 Å². The summed E-state index contributed by atoms with van der Waals surface area (Å²) in [5.41, 5.74) is 2.73. The summed E-state index contributed by atoms with van der Waals surface area (Å²) >= 11 is 0. The van der Waals surface area contributed by atoms with Crippen LogP contribution in [0.4, 0.5) is 4.79 Å². The number of likely N-dealkylation sites (tertiary alicyclic amines) is 1. The van der Waals surface area contributed by atoms with Crippen LogP contribution < -0.4 is 4.74 Å². The molecule has 4 rings (SSSR count).